The van der Waals surface area contributed by atoms with Gasteiger partial charge in [0.15, 0.2) is 9.84 Å². The van der Waals surface area contributed by atoms with Crippen molar-refractivity contribution in [3.8, 4) is 0 Å². The summed E-state index contributed by atoms with van der Waals surface area (Å²) in [5.41, 5.74) is 1.84. The predicted octanol–water partition coefficient (Wildman–Crippen LogP) is 5.40. The van der Waals surface area contributed by atoms with Gasteiger partial charge in [-0.25, -0.2) is 8.42 Å². The molecular formula is C26H36O3S. The monoisotopic (exact) mass is 428 g/mol. The maximum atomic E-state index is 12.8. The molecule has 5 rings (SSSR count). The van der Waals surface area contributed by atoms with Crippen LogP contribution in [-0.4, -0.2) is 25.4 Å². The fraction of sp³-hybridized carbons (Fsp3) is 0.692. The Labute approximate surface area is 181 Å². The summed E-state index contributed by atoms with van der Waals surface area (Å²) < 4.78 is 25.7. The molecule has 0 aromatic heterocycles. The lowest BCUT2D eigenvalue weighted by Crippen LogP contribution is -2.46. The molecule has 7 atom stereocenters. The fourth-order valence-corrected chi connectivity index (χ4v) is 9.28. The van der Waals surface area contributed by atoms with E-state index in [1.54, 1.807) is 17.7 Å². The van der Waals surface area contributed by atoms with Gasteiger partial charge in [-0.1, -0.05) is 36.8 Å². The Morgan fingerprint density at radius 1 is 1.03 bits per heavy atom. The van der Waals surface area contributed by atoms with Crippen molar-refractivity contribution < 1.29 is 13.5 Å². The van der Waals surface area contributed by atoms with E-state index in [1.165, 1.54) is 32.1 Å². The predicted molar refractivity (Wildman–Crippen MR) is 120 cm³/mol. The van der Waals surface area contributed by atoms with Crippen LogP contribution in [0.5, 0.6) is 0 Å². The molecule has 0 radical (unpaired) electrons. The first-order valence-corrected chi connectivity index (χ1v) is 13.7. The minimum atomic E-state index is -3.19. The van der Waals surface area contributed by atoms with Crippen molar-refractivity contribution in [3.63, 3.8) is 0 Å². The number of fused-ring (bicyclic) bond motifs is 5. The van der Waals surface area contributed by atoms with Gasteiger partial charge in [0.05, 0.1) is 16.8 Å². The Bertz CT molecular complexity index is 905. The highest BCUT2D eigenvalue weighted by atomic mass is 32.2. The Balaban J connectivity index is 1.30. The number of benzene rings is 1. The summed E-state index contributed by atoms with van der Waals surface area (Å²) in [5.74, 6) is 3.81. The van der Waals surface area contributed by atoms with Gasteiger partial charge in [0.2, 0.25) is 0 Å². The molecule has 4 aliphatic rings. The molecule has 0 heterocycles. The van der Waals surface area contributed by atoms with E-state index >= 15 is 0 Å². The van der Waals surface area contributed by atoms with Gasteiger partial charge in [0.1, 0.15) is 0 Å². The smallest absolute Gasteiger partial charge is 0.178 e. The molecule has 3 nitrogen and oxygen atoms in total. The third-order valence-corrected chi connectivity index (χ3v) is 11.2. The first-order valence-electron chi connectivity index (χ1n) is 12.0. The summed E-state index contributed by atoms with van der Waals surface area (Å²) in [7, 11) is -3.19. The molecule has 0 bridgehead atoms. The van der Waals surface area contributed by atoms with E-state index in [1.807, 2.05) is 18.2 Å². The quantitative estimate of drug-likeness (QED) is 0.653. The number of aliphatic hydroxyl groups excluding tert-OH is 1. The van der Waals surface area contributed by atoms with E-state index in [4.69, 9.17) is 0 Å². The van der Waals surface area contributed by atoms with E-state index in [0.29, 0.717) is 22.1 Å². The number of allylic oxidation sites excluding steroid dienone is 1. The fourth-order valence-electron chi connectivity index (χ4n) is 7.88. The van der Waals surface area contributed by atoms with Crippen LogP contribution in [0.3, 0.4) is 0 Å². The number of aliphatic hydroxyl groups is 1. The van der Waals surface area contributed by atoms with Crippen molar-refractivity contribution in [2.75, 3.05) is 5.75 Å². The average Bonchev–Trinajstić information content (AvgIpc) is 3.09. The SMILES string of the molecule is CC12CCC3C4CCC(O)CC4=CCC3C1CCC2CCS(=O)(=O)c1ccccc1. The van der Waals surface area contributed by atoms with Gasteiger partial charge >= 0.3 is 0 Å². The number of rotatable bonds is 4. The minimum absolute atomic E-state index is 0.125. The van der Waals surface area contributed by atoms with E-state index in [2.05, 4.69) is 13.0 Å². The topological polar surface area (TPSA) is 54.4 Å². The summed E-state index contributed by atoms with van der Waals surface area (Å²) in [6.07, 6.45) is 12.4. The summed E-state index contributed by atoms with van der Waals surface area (Å²) in [4.78, 5) is 0.470. The number of sulfone groups is 1. The van der Waals surface area contributed by atoms with Crippen LogP contribution in [0.2, 0.25) is 0 Å². The molecule has 1 aromatic carbocycles. The zero-order chi connectivity index (χ0) is 20.9. The van der Waals surface area contributed by atoms with Crippen molar-refractivity contribution in [1.29, 1.82) is 0 Å². The highest BCUT2D eigenvalue weighted by Crippen LogP contribution is 2.63. The van der Waals surface area contributed by atoms with Crippen LogP contribution in [0.1, 0.15) is 64.7 Å². The summed E-state index contributed by atoms with van der Waals surface area (Å²) in [6, 6.07) is 8.96. The summed E-state index contributed by atoms with van der Waals surface area (Å²) in [6.45, 7) is 2.48. The molecule has 3 saturated carbocycles. The lowest BCUT2D eigenvalue weighted by atomic mass is 9.51. The van der Waals surface area contributed by atoms with Crippen molar-refractivity contribution in [3.05, 3.63) is 42.0 Å². The maximum Gasteiger partial charge on any atom is 0.178 e. The molecule has 0 amide bonds. The molecule has 30 heavy (non-hydrogen) atoms. The van der Waals surface area contributed by atoms with Crippen LogP contribution in [0, 0.1) is 35.0 Å². The second-order valence-corrected chi connectivity index (χ2v) is 12.8. The van der Waals surface area contributed by atoms with Gasteiger partial charge in [-0.15, -0.1) is 0 Å². The normalized spacial score (nSPS) is 40.8. The molecule has 1 N–H and O–H groups in total. The second kappa shape index (κ2) is 7.78. The van der Waals surface area contributed by atoms with Crippen LogP contribution in [-0.2, 0) is 9.84 Å². The molecular weight excluding hydrogens is 392 g/mol. The first kappa shape index (κ1) is 20.8. The van der Waals surface area contributed by atoms with Gasteiger partial charge in [-0.2, -0.15) is 0 Å². The number of hydrogen-bond donors (Lipinski definition) is 1. The van der Waals surface area contributed by atoms with Gasteiger partial charge in [-0.05, 0) is 105 Å². The standard InChI is InChI=1S/C26H36O3S/c1-26-15-13-23-22-11-9-20(27)17-18(22)7-10-24(23)25(26)12-8-19(26)14-16-30(28,29)21-5-3-2-4-6-21/h2-7,19-20,22-25,27H,8-17H2,1H3. The third kappa shape index (κ3) is 3.48. The Hall–Kier alpha value is -1.13. The van der Waals surface area contributed by atoms with Gasteiger partial charge in [-0.3, -0.25) is 0 Å². The van der Waals surface area contributed by atoms with E-state index < -0.39 is 9.84 Å². The first-order chi connectivity index (χ1) is 14.4. The van der Waals surface area contributed by atoms with E-state index in [-0.39, 0.29) is 11.9 Å². The van der Waals surface area contributed by atoms with E-state index in [9.17, 15) is 13.5 Å². The van der Waals surface area contributed by atoms with Gasteiger partial charge in [0.25, 0.3) is 0 Å². The Morgan fingerprint density at radius 2 is 1.83 bits per heavy atom. The zero-order valence-corrected chi connectivity index (χ0v) is 19.0. The summed E-state index contributed by atoms with van der Waals surface area (Å²) >= 11 is 0. The molecule has 4 aliphatic carbocycles. The van der Waals surface area contributed by atoms with Crippen molar-refractivity contribution in [1.82, 2.24) is 0 Å². The highest BCUT2D eigenvalue weighted by molar-refractivity contribution is 7.91. The highest BCUT2D eigenvalue weighted by Gasteiger charge is 2.55. The Kier molecular flexibility index (Phi) is 5.38. The lowest BCUT2D eigenvalue weighted by Gasteiger charge is -2.53. The molecule has 4 heteroatoms. The van der Waals surface area contributed by atoms with Crippen molar-refractivity contribution in [2.24, 2.45) is 35.0 Å². The second-order valence-electron chi connectivity index (χ2n) is 10.7. The molecule has 0 aliphatic heterocycles. The number of hydrogen-bond acceptors (Lipinski definition) is 3. The molecule has 164 valence electrons. The molecule has 3 fully saturated rings. The van der Waals surface area contributed by atoms with Crippen LogP contribution in [0.25, 0.3) is 0 Å². The van der Waals surface area contributed by atoms with Crippen molar-refractivity contribution in [2.45, 2.75) is 75.7 Å². The molecule has 1 aromatic rings. The maximum absolute atomic E-state index is 12.8. The molecule has 0 saturated heterocycles. The average molecular weight is 429 g/mol. The third-order valence-electron chi connectivity index (χ3n) is 9.45. The van der Waals surface area contributed by atoms with E-state index in [0.717, 1.165) is 43.4 Å². The van der Waals surface area contributed by atoms with Crippen molar-refractivity contribution >= 4 is 9.84 Å². The van der Waals surface area contributed by atoms with Gasteiger partial charge in [0, 0.05) is 0 Å². The summed E-state index contributed by atoms with van der Waals surface area (Å²) in [5, 5.41) is 10.1. The lowest BCUT2D eigenvalue weighted by molar-refractivity contribution is -0.0186. The van der Waals surface area contributed by atoms with Crippen LogP contribution in [0.15, 0.2) is 46.9 Å². The van der Waals surface area contributed by atoms with Crippen LogP contribution in [0.4, 0.5) is 0 Å². The van der Waals surface area contributed by atoms with Crippen LogP contribution >= 0.6 is 0 Å². The minimum Gasteiger partial charge on any atom is -0.393 e. The van der Waals surface area contributed by atoms with Gasteiger partial charge < -0.3 is 5.11 Å². The van der Waals surface area contributed by atoms with Crippen LogP contribution < -0.4 is 0 Å². The molecule has 7 unspecified atom stereocenters. The largest absolute Gasteiger partial charge is 0.393 e. The zero-order valence-electron chi connectivity index (χ0n) is 18.2. The Morgan fingerprint density at radius 3 is 2.63 bits per heavy atom. The molecule has 0 spiro atoms.